The number of aryl methyl sites for hydroxylation is 1. The number of thiazole rings is 1. The SMILES string of the molecule is CCCN1CCCC(C(C)NCCc2csc(C)n2)C1. The molecule has 1 aliphatic heterocycles. The molecule has 0 amide bonds. The fourth-order valence-electron chi connectivity index (χ4n) is 3.14. The number of nitrogens with one attached hydrogen (secondary N) is 1. The first kappa shape index (κ1) is 15.9. The van der Waals surface area contributed by atoms with Gasteiger partial charge >= 0.3 is 0 Å². The fourth-order valence-corrected chi connectivity index (χ4v) is 3.78. The van der Waals surface area contributed by atoms with Crippen molar-refractivity contribution in [2.45, 2.75) is 52.5 Å². The Morgan fingerprint density at radius 3 is 3.10 bits per heavy atom. The molecular formula is C16H29N3S. The quantitative estimate of drug-likeness (QED) is 0.838. The van der Waals surface area contributed by atoms with Gasteiger partial charge in [-0.2, -0.15) is 0 Å². The average Bonchev–Trinajstić information content (AvgIpc) is 2.85. The summed E-state index contributed by atoms with van der Waals surface area (Å²) in [6.07, 6.45) is 5.07. The van der Waals surface area contributed by atoms with Crippen LogP contribution in [0.1, 0.15) is 43.8 Å². The van der Waals surface area contributed by atoms with E-state index in [0.29, 0.717) is 6.04 Å². The van der Waals surface area contributed by atoms with Crippen LogP contribution in [0.4, 0.5) is 0 Å². The largest absolute Gasteiger partial charge is 0.314 e. The van der Waals surface area contributed by atoms with Gasteiger partial charge in [-0.3, -0.25) is 0 Å². The number of likely N-dealkylation sites (tertiary alicyclic amines) is 1. The number of hydrogen-bond donors (Lipinski definition) is 1. The highest BCUT2D eigenvalue weighted by atomic mass is 32.1. The molecule has 0 aromatic carbocycles. The van der Waals surface area contributed by atoms with E-state index in [2.05, 4.69) is 41.4 Å². The maximum atomic E-state index is 4.53. The van der Waals surface area contributed by atoms with Gasteiger partial charge < -0.3 is 10.2 Å². The Balaban J connectivity index is 1.69. The molecule has 0 bridgehead atoms. The maximum Gasteiger partial charge on any atom is 0.0897 e. The van der Waals surface area contributed by atoms with Crippen molar-refractivity contribution in [3.63, 3.8) is 0 Å². The summed E-state index contributed by atoms with van der Waals surface area (Å²) < 4.78 is 0. The summed E-state index contributed by atoms with van der Waals surface area (Å²) in [6.45, 7) is 11.6. The highest BCUT2D eigenvalue weighted by Gasteiger charge is 2.23. The van der Waals surface area contributed by atoms with Crippen LogP contribution >= 0.6 is 11.3 Å². The first-order chi connectivity index (χ1) is 9.69. The Morgan fingerprint density at radius 1 is 1.55 bits per heavy atom. The maximum absolute atomic E-state index is 4.53. The van der Waals surface area contributed by atoms with Crippen molar-refractivity contribution >= 4 is 11.3 Å². The molecule has 20 heavy (non-hydrogen) atoms. The van der Waals surface area contributed by atoms with Gasteiger partial charge in [-0.05, 0) is 52.1 Å². The number of hydrogen-bond acceptors (Lipinski definition) is 4. The van der Waals surface area contributed by atoms with E-state index in [1.54, 1.807) is 11.3 Å². The summed E-state index contributed by atoms with van der Waals surface area (Å²) in [5, 5.41) is 7.07. The normalized spacial score (nSPS) is 22.1. The van der Waals surface area contributed by atoms with Crippen LogP contribution in [0.3, 0.4) is 0 Å². The lowest BCUT2D eigenvalue weighted by atomic mass is 9.91. The van der Waals surface area contributed by atoms with Gasteiger partial charge in [0.1, 0.15) is 0 Å². The molecule has 2 rings (SSSR count). The summed E-state index contributed by atoms with van der Waals surface area (Å²) in [4.78, 5) is 7.16. The van der Waals surface area contributed by atoms with Gasteiger partial charge in [0.05, 0.1) is 10.7 Å². The molecule has 0 saturated carbocycles. The van der Waals surface area contributed by atoms with Gasteiger partial charge in [-0.15, -0.1) is 11.3 Å². The van der Waals surface area contributed by atoms with Gasteiger partial charge in [-0.25, -0.2) is 4.98 Å². The molecule has 114 valence electrons. The molecular weight excluding hydrogens is 266 g/mol. The third-order valence-electron chi connectivity index (χ3n) is 4.30. The van der Waals surface area contributed by atoms with Crippen LogP contribution in [-0.2, 0) is 6.42 Å². The summed E-state index contributed by atoms with van der Waals surface area (Å²) in [5.41, 5.74) is 1.24. The zero-order chi connectivity index (χ0) is 14.4. The number of piperidine rings is 1. The van der Waals surface area contributed by atoms with Gasteiger partial charge in [-0.1, -0.05) is 6.92 Å². The van der Waals surface area contributed by atoms with E-state index in [4.69, 9.17) is 0 Å². The molecule has 1 N–H and O–H groups in total. The van der Waals surface area contributed by atoms with Crippen molar-refractivity contribution in [1.29, 1.82) is 0 Å². The van der Waals surface area contributed by atoms with Crippen LogP contribution in [-0.4, -0.2) is 42.1 Å². The summed E-state index contributed by atoms with van der Waals surface area (Å²) in [5.74, 6) is 0.812. The molecule has 1 saturated heterocycles. The highest BCUT2D eigenvalue weighted by Crippen LogP contribution is 2.20. The van der Waals surface area contributed by atoms with Crippen LogP contribution in [0.5, 0.6) is 0 Å². The average molecular weight is 295 g/mol. The van der Waals surface area contributed by atoms with Gasteiger partial charge in [0.2, 0.25) is 0 Å². The molecule has 0 aliphatic carbocycles. The van der Waals surface area contributed by atoms with E-state index < -0.39 is 0 Å². The van der Waals surface area contributed by atoms with Crippen molar-refractivity contribution in [3.8, 4) is 0 Å². The third kappa shape index (κ3) is 4.83. The molecule has 4 heteroatoms. The zero-order valence-electron chi connectivity index (χ0n) is 13.2. The Labute approximate surface area is 127 Å². The third-order valence-corrected chi connectivity index (χ3v) is 5.13. The van der Waals surface area contributed by atoms with E-state index >= 15 is 0 Å². The van der Waals surface area contributed by atoms with E-state index in [0.717, 1.165) is 18.9 Å². The molecule has 0 radical (unpaired) electrons. The molecule has 3 nitrogen and oxygen atoms in total. The Hall–Kier alpha value is -0.450. The van der Waals surface area contributed by atoms with Crippen LogP contribution in [0.25, 0.3) is 0 Å². The molecule has 2 heterocycles. The fraction of sp³-hybridized carbons (Fsp3) is 0.812. The van der Waals surface area contributed by atoms with Crippen molar-refractivity contribution in [2.24, 2.45) is 5.92 Å². The number of rotatable bonds is 7. The Kier molecular flexibility index (Phi) is 6.46. The van der Waals surface area contributed by atoms with Crippen molar-refractivity contribution < 1.29 is 0 Å². The summed E-state index contributed by atoms with van der Waals surface area (Å²) in [7, 11) is 0. The topological polar surface area (TPSA) is 28.2 Å². The van der Waals surface area contributed by atoms with Gasteiger partial charge in [0, 0.05) is 30.9 Å². The Bertz CT molecular complexity index is 389. The molecule has 1 aliphatic rings. The first-order valence-corrected chi connectivity index (χ1v) is 8.93. The smallest absolute Gasteiger partial charge is 0.0897 e. The lowest BCUT2D eigenvalue weighted by Gasteiger charge is -2.36. The highest BCUT2D eigenvalue weighted by molar-refractivity contribution is 7.09. The van der Waals surface area contributed by atoms with Gasteiger partial charge in [0.15, 0.2) is 0 Å². The lowest BCUT2D eigenvalue weighted by Crippen LogP contribution is -2.45. The van der Waals surface area contributed by atoms with Crippen molar-refractivity contribution in [3.05, 3.63) is 16.1 Å². The summed E-state index contributed by atoms with van der Waals surface area (Å²) >= 11 is 1.75. The molecule has 1 fully saturated rings. The minimum absolute atomic E-state index is 0.620. The van der Waals surface area contributed by atoms with Crippen LogP contribution in [0.15, 0.2) is 5.38 Å². The molecule has 2 atom stereocenters. The molecule has 1 aromatic heterocycles. The van der Waals surface area contributed by atoms with Crippen LogP contribution < -0.4 is 5.32 Å². The zero-order valence-corrected chi connectivity index (χ0v) is 14.0. The van der Waals surface area contributed by atoms with Crippen LogP contribution in [0, 0.1) is 12.8 Å². The lowest BCUT2D eigenvalue weighted by molar-refractivity contribution is 0.151. The predicted molar refractivity (Wildman–Crippen MR) is 87.5 cm³/mol. The van der Waals surface area contributed by atoms with Crippen molar-refractivity contribution in [1.82, 2.24) is 15.2 Å². The van der Waals surface area contributed by atoms with Crippen molar-refractivity contribution in [2.75, 3.05) is 26.2 Å². The monoisotopic (exact) mass is 295 g/mol. The van der Waals surface area contributed by atoms with Crippen LogP contribution in [0.2, 0.25) is 0 Å². The van der Waals surface area contributed by atoms with E-state index in [1.165, 1.54) is 49.6 Å². The predicted octanol–water partition coefficient (Wildman–Crippen LogP) is 3.09. The van der Waals surface area contributed by atoms with E-state index in [9.17, 15) is 0 Å². The number of aromatic nitrogens is 1. The second-order valence-electron chi connectivity index (χ2n) is 6.05. The second-order valence-corrected chi connectivity index (χ2v) is 7.12. The Morgan fingerprint density at radius 2 is 2.40 bits per heavy atom. The molecule has 0 spiro atoms. The van der Waals surface area contributed by atoms with E-state index in [-0.39, 0.29) is 0 Å². The standard InChI is InChI=1S/C16H29N3S/c1-4-9-19-10-5-6-15(11-19)13(2)17-8-7-16-12-20-14(3)18-16/h12-13,15,17H,4-11H2,1-3H3. The first-order valence-electron chi connectivity index (χ1n) is 8.05. The molecule has 2 unspecified atom stereocenters. The minimum atomic E-state index is 0.620. The number of nitrogens with zero attached hydrogens (tertiary/aromatic N) is 2. The summed E-state index contributed by atoms with van der Waals surface area (Å²) in [6, 6.07) is 0.620. The molecule has 1 aromatic rings. The minimum Gasteiger partial charge on any atom is -0.314 e. The van der Waals surface area contributed by atoms with E-state index in [1.807, 2.05) is 0 Å². The second kappa shape index (κ2) is 8.11. The van der Waals surface area contributed by atoms with Gasteiger partial charge in [0.25, 0.3) is 0 Å².